The van der Waals surface area contributed by atoms with E-state index >= 15 is 0 Å². The lowest BCUT2D eigenvalue weighted by Gasteiger charge is -2.33. The Labute approximate surface area is 688 Å². The van der Waals surface area contributed by atoms with Gasteiger partial charge in [0, 0.05) is 39.0 Å². The van der Waals surface area contributed by atoms with Crippen molar-refractivity contribution < 1.29 is 0 Å². The average molecular weight is 1550 g/mol. The SMILES string of the molecule is Brc1cccc(-c2ccc(-c3cccc4c3C3(c5ccccc5-4)c4ccccc4-c4ccc5ccccc5c43)cc2)c1.c1cncc(N(c2cccc(-c3ccc(-c4cccc5c4C4(c6ccccc6-5)c5ccccc5-c5ccc6ccccc6c54)cc3)c2)c2cccc3ccccc23)c1.c1cncc(Nc2cccc3ccccc23)c1. The Morgan fingerprint density at radius 2 is 0.615 bits per heavy atom. The van der Waals surface area contributed by atoms with Crippen molar-refractivity contribution >= 4 is 87.5 Å². The molecule has 24 rings (SSSR count). The molecule has 0 fully saturated rings. The molecule has 0 saturated carbocycles. The van der Waals surface area contributed by atoms with Gasteiger partial charge in [-0.3, -0.25) is 9.97 Å². The molecule has 2 heterocycles. The van der Waals surface area contributed by atoms with Gasteiger partial charge in [0.25, 0.3) is 0 Å². The van der Waals surface area contributed by atoms with Crippen molar-refractivity contribution in [1.82, 2.24) is 9.97 Å². The van der Waals surface area contributed by atoms with E-state index in [-0.39, 0.29) is 0 Å². The third kappa shape index (κ3) is 11.2. The number of anilines is 5. The Hall–Kier alpha value is -14.6. The van der Waals surface area contributed by atoms with Crippen molar-refractivity contribution in [2.75, 3.05) is 10.2 Å². The molecule has 0 bridgehead atoms. The van der Waals surface area contributed by atoms with E-state index in [9.17, 15) is 0 Å². The highest BCUT2D eigenvalue weighted by Gasteiger charge is 2.55. The summed E-state index contributed by atoms with van der Waals surface area (Å²) in [6, 6.07) is 151. The largest absolute Gasteiger partial charge is 0.354 e. The molecular weight excluding hydrogens is 1480 g/mol. The van der Waals surface area contributed by atoms with Gasteiger partial charge in [-0.2, -0.15) is 0 Å². The summed E-state index contributed by atoms with van der Waals surface area (Å²) in [5, 5.41) is 13.4. The first-order chi connectivity index (χ1) is 58.0. The van der Waals surface area contributed by atoms with Crippen molar-refractivity contribution in [3.63, 3.8) is 0 Å². The number of fused-ring (bicyclic) bond motifs is 26. The van der Waals surface area contributed by atoms with E-state index in [1.165, 1.54) is 171 Å². The molecule has 2 atom stereocenters. The molecule has 4 nitrogen and oxygen atoms in total. The van der Waals surface area contributed by atoms with E-state index < -0.39 is 10.8 Å². The molecule has 2 aromatic heterocycles. The maximum absolute atomic E-state index is 4.52. The molecule has 20 aromatic rings. The summed E-state index contributed by atoms with van der Waals surface area (Å²) < 4.78 is 1.09. The van der Waals surface area contributed by atoms with E-state index in [4.69, 9.17) is 0 Å². The fourth-order valence-electron chi connectivity index (χ4n) is 19.9. The minimum absolute atomic E-state index is 0.404. The number of hydrogen-bond acceptors (Lipinski definition) is 4. The zero-order chi connectivity index (χ0) is 77.5. The molecule has 0 aliphatic heterocycles. The molecule has 0 radical (unpaired) electrons. The van der Waals surface area contributed by atoms with Gasteiger partial charge >= 0.3 is 0 Å². The van der Waals surface area contributed by atoms with Crippen molar-refractivity contribution in [2.45, 2.75) is 10.8 Å². The van der Waals surface area contributed by atoms with Crippen LogP contribution < -0.4 is 10.2 Å². The van der Waals surface area contributed by atoms with Crippen LogP contribution in [0.5, 0.6) is 0 Å². The Balaban J connectivity index is 0.000000122. The second-order valence-electron chi connectivity index (χ2n) is 30.7. The number of aromatic nitrogens is 2. The van der Waals surface area contributed by atoms with Crippen LogP contribution in [0.25, 0.3) is 132 Å². The molecule has 117 heavy (non-hydrogen) atoms. The first-order valence-corrected chi connectivity index (χ1v) is 40.9. The number of nitrogens with zero attached hydrogens (tertiary/aromatic N) is 3. The number of hydrogen-bond donors (Lipinski definition) is 1. The van der Waals surface area contributed by atoms with E-state index in [0.717, 1.165) is 38.5 Å². The van der Waals surface area contributed by atoms with Crippen LogP contribution in [0.15, 0.2) is 442 Å². The van der Waals surface area contributed by atoms with E-state index in [1.807, 2.05) is 36.8 Å². The molecule has 2 unspecified atom stereocenters. The molecule has 4 aliphatic carbocycles. The molecule has 1 N–H and O–H groups in total. The molecule has 0 saturated heterocycles. The highest BCUT2D eigenvalue weighted by molar-refractivity contribution is 9.10. The zero-order valence-electron chi connectivity index (χ0n) is 63.8. The van der Waals surface area contributed by atoms with Gasteiger partial charge in [-0.1, -0.05) is 368 Å². The van der Waals surface area contributed by atoms with Crippen LogP contribution in [0, 0.1) is 0 Å². The second-order valence-corrected chi connectivity index (χ2v) is 31.6. The first kappa shape index (κ1) is 69.1. The summed E-state index contributed by atoms with van der Waals surface area (Å²) in [7, 11) is 0. The minimum atomic E-state index is -0.459. The number of benzene rings is 18. The molecule has 548 valence electrons. The summed E-state index contributed by atoms with van der Waals surface area (Å²) in [5.74, 6) is 0. The van der Waals surface area contributed by atoms with E-state index in [2.05, 4.69) is 430 Å². The average Bonchev–Trinajstić information content (AvgIpc) is 1.50. The number of nitrogens with one attached hydrogen (secondary N) is 1. The predicted octanol–water partition coefficient (Wildman–Crippen LogP) is 29.8. The summed E-state index contributed by atoms with van der Waals surface area (Å²) in [5.41, 5.74) is 35.9. The van der Waals surface area contributed by atoms with E-state index in [1.54, 1.807) is 6.20 Å². The summed E-state index contributed by atoms with van der Waals surface area (Å²) >= 11 is 3.64. The normalized spacial score (nSPS) is 14.4. The Bertz CT molecular complexity index is 7280. The molecule has 5 heteroatoms. The van der Waals surface area contributed by atoms with Crippen LogP contribution in [0.4, 0.5) is 28.4 Å². The van der Waals surface area contributed by atoms with Crippen LogP contribution in [-0.4, -0.2) is 9.97 Å². The quantitative estimate of drug-likeness (QED) is 0.156. The Morgan fingerprint density at radius 3 is 1.12 bits per heavy atom. The van der Waals surface area contributed by atoms with Crippen LogP contribution in [-0.2, 0) is 10.8 Å². The Kier molecular flexibility index (Phi) is 16.8. The predicted molar refractivity (Wildman–Crippen MR) is 491 cm³/mol. The van der Waals surface area contributed by atoms with Gasteiger partial charge in [0.05, 0.1) is 40.3 Å². The molecule has 18 aromatic carbocycles. The zero-order valence-corrected chi connectivity index (χ0v) is 65.4. The smallest absolute Gasteiger partial charge is 0.0737 e. The molecular formula is C112H73BrN4. The number of rotatable bonds is 9. The standard InChI is InChI=1S/C56H36N2.C41H25Br.C15H12N2/c1-3-19-44-38(13-1)15-10-27-53(44)58(43-18-12-34-57-36-43)42-17-9-16-41(35-42)37-28-30-40(31-29-37)46-23-11-24-49-47-21-5-7-25-51(47)56(54(46)49)52-26-8-6-22-48(52)50-33-32-39-14-2-4-20-45(39)55(50)56;42-30-11-7-10-29(25-30)26-19-21-28(22-20-26)32-15-8-16-35-33-13-3-5-17-37(33)41(39(32)35)38-18-6-4-14-34(38)36-24-23-27-9-1-2-12-31(27)40(36)41;1-2-8-14-12(5-1)6-3-9-15(14)17-13-7-4-10-16-11-13/h1-36H;1-25H;1-11,17H. The number of pyridine rings is 2. The van der Waals surface area contributed by atoms with Gasteiger partial charge in [0.1, 0.15) is 0 Å². The van der Waals surface area contributed by atoms with Crippen molar-refractivity contribution in [3.8, 4) is 89.0 Å². The van der Waals surface area contributed by atoms with Gasteiger partial charge in [-0.05, 0) is 227 Å². The fourth-order valence-corrected chi connectivity index (χ4v) is 20.3. The van der Waals surface area contributed by atoms with Gasteiger partial charge in [0.2, 0.25) is 0 Å². The van der Waals surface area contributed by atoms with Crippen molar-refractivity contribution in [2.24, 2.45) is 0 Å². The van der Waals surface area contributed by atoms with Crippen LogP contribution in [0.2, 0.25) is 0 Å². The van der Waals surface area contributed by atoms with Crippen molar-refractivity contribution in [3.05, 3.63) is 486 Å². The van der Waals surface area contributed by atoms with Crippen LogP contribution >= 0.6 is 15.9 Å². The summed E-state index contributed by atoms with van der Waals surface area (Å²) in [6.07, 6.45) is 7.37. The lowest BCUT2D eigenvalue weighted by Crippen LogP contribution is -2.27. The summed E-state index contributed by atoms with van der Waals surface area (Å²) in [4.78, 5) is 10.9. The maximum Gasteiger partial charge on any atom is 0.0737 e. The molecule has 4 aliphatic rings. The van der Waals surface area contributed by atoms with Gasteiger partial charge in [-0.25, -0.2) is 0 Å². The highest BCUT2D eigenvalue weighted by atomic mass is 79.9. The van der Waals surface area contributed by atoms with Crippen LogP contribution in [0.1, 0.15) is 44.5 Å². The first-order valence-electron chi connectivity index (χ1n) is 40.1. The van der Waals surface area contributed by atoms with Gasteiger partial charge < -0.3 is 10.2 Å². The third-order valence-corrected chi connectivity index (χ3v) is 25.1. The molecule has 0 amide bonds. The second kappa shape index (κ2) is 28.5. The van der Waals surface area contributed by atoms with Crippen LogP contribution in [0.3, 0.4) is 0 Å². The number of halogens is 1. The highest BCUT2D eigenvalue weighted by Crippen LogP contribution is 2.68. The lowest BCUT2D eigenvalue weighted by molar-refractivity contribution is 0.803. The summed E-state index contributed by atoms with van der Waals surface area (Å²) in [6.45, 7) is 0. The molecule has 2 spiro atoms. The Morgan fingerprint density at radius 1 is 0.239 bits per heavy atom. The maximum atomic E-state index is 4.52. The fraction of sp³-hybridized carbons (Fsp3) is 0.0179. The van der Waals surface area contributed by atoms with Gasteiger partial charge in [0.15, 0.2) is 0 Å². The van der Waals surface area contributed by atoms with Crippen molar-refractivity contribution in [1.29, 1.82) is 0 Å². The topological polar surface area (TPSA) is 41.1 Å². The lowest BCUT2D eigenvalue weighted by atomic mass is 9.67. The third-order valence-electron chi connectivity index (χ3n) is 24.6. The minimum Gasteiger partial charge on any atom is -0.354 e. The monoisotopic (exact) mass is 1550 g/mol. The van der Waals surface area contributed by atoms with E-state index in [0.29, 0.717) is 0 Å². The van der Waals surface area contributed by atoms with Gasteiger partial charge in [-0.15, -0.1) is 0 Å².